The average Bonchev–Trinajstić information content (AvgIpc) is 2.70. The van der Waals surface area contributed by atoms with Gasteiger partial charge in [-0.3, -0.25) is 9.59 Å². The smallest absolute Gasteiger partial charge is 0.251 e. The molecule has 0 fully saturated rings. The number of aromatic nitrogens is 2. The second-order valence-electron chi connectivity index (χ2n) is 3.96. The quantitative estimate of drug-likeness (QED) is 0.878. The third-order valence-corrected chi connectivity index (χ3v) is 3.16. The Kier molecular flexibility index (Phi) is 3.57. The van der Waals surface area contributed by atoms with E-state index in [-0.39, 0.29) is 11.5 Å². The van der Waals surface area contributed by atoms with Crippen molar-refractivity contribution < 1.29 is 4.79 Å². The Hall–Kier alpha value is -1.95. The summed E-state index contributed by atoms with van der Waals surface area (Å²) in [5.41, 5.74) is 1.58. The molecule has 0 atom stereocenters. The summed E-state index contributed by atoms with van der Waals surface area (Å²) < 4.78 is 0. The summed E-state index contributed by atoms with van der Waals surface area (Å²) in [6.45, 7) is 4.02. The minimum absolute atomic E-state index is 0.269. The van der Waals surface area contributed by atoms with Crippen LogP contribution in [-0.4, -0.2) is 15.9 Å². The fourth-order valence-corrected chi connectivity index (χ4v) is 2.19. The Labute approximate surface area is 108 Å². The van der Waals surface area contributed by atoms with Gasteiger partial charge in [-0.05, 0) is 19.9 Å². The molecule has 2 heterocycles. The number of amides is 1. The first kappa shape index (κ1) is 12.5. The highest BCUT2D eigenvalue weighted by molar-refractivity contribution is 7.09. The molecule has 94 valence electrons. The number of thiazole rings is 1. The van der Waals surface area contributed by atoms with E-state index in [4.69, 9.17) is 0 Å². The van der Waals surface area contributed by atoms with Gasteiger partial charge in [-0.2, -0.15) is 0 Å². The maximum absolute atomic E-state index is 11.8. The van der Waals surface area contributed by atoms with Gasteiger partial charge in [-0.25, -0.2) is 4.98 Å². The summed E-state index contributed by atoms with van der Waals surface area (Å²) in [6, 6.07) is 2.93. The van der Waals surface area contributed by atoms with Gasteiger partial charge in [-0.15, -0.1) is 11.3 Å². The molecule has 1 amide bonds. The number of hydrogen-bond acceptors (Lipinski definition) is 4. The highest BCUT2D eigenvalue weighted by atomic mass is 32.1. The van der Waals surface area contributed by atoms with E-state index in [1.165, 1.54) is 17.4 Å². The molecule has 0 bridgehead atoms. The van der Waals surface area contributed by atoms with Gasteiger partial charge in [-0.1, -0.05) is 0 Å². The van der Waals surface area contributed by atoms with E-state index in [1.807, 2.05) is 12.3 Å². The van der Waals surface area contributed by atoms with E-state index in [0.717, 1.165) is 10.7 Å². The van der Waals surface area contributed by atoms with Crippen LogP contribution in [0.3, 0.4) is 0 Å². The van der Waals surface area contributed by atoms with Gasteiger partial charge in [0.15, 0.2) is 0 Å². The number of aryl methyl sites for hydroxylation is 2. The maximum Gasteiger partial charge on any atom is 0.251 e. The Morgan fingerprint density at radius 3 is 2.83 bits per heavy atom. The number of carbonyl (C=O) groups excluding carboxylic acids is 1. The van der Waals surface area contributed by atoms with Crippen LogP contribution in [0.2, 0.25) is 0 Å². The summed E-state index contributed by atoms with van der Waals surface area (Å²) in [5, 5.41) is 5.60. The van der Waals surface area contributed by atoms with Crippen molar-refractivity contribution >= 4 is 17.2 Å². The van der Waals surface area contributed by atoms with Gasteiger partial charge in [0.2, 0.25) is 5.56 Å². The first-order chi connectivity index (χ1) is 8.54. The summed E-state index contributed by atoms with van der Waals surface area (Å²) in [5.74, 6) is -0.269. The maximum atomic E-state index is 11.8. The standard InChI is InChI=1S/C12H13N3O2S/c1-7-3-9(4-11(16)14-7)12(17)13-5-10-6-18-8(2)15-10/h3-4,6H,5H2,1-2H3,(H,13,17)(H,14,16). The summed E-state index contributed by atoms with van der Waals surface area (Å²) in [7, 11) is 0. The third kappa shape index (κ3) is 3.04. The normalized spacial score (nSPS) is 10.3. The Morgan fingerprint density at radius 2 is 2.22 bits per heavy atom. The van der Waals surface area contributed by atoms with Crippen LogP contribution in [0.4, 0.5) is 0 Å². The predicted octanol–water partition coefficient (Wildman–Crippen LogP) is 1.38. The minimum atomic E-state index is -0.273. The van der Waals surface area contributed by atoms with Crippen molar-refractivity contribution in [2.24, 2.45) is 0 Å². The van der Waals surface area contributed by atoms with Gasteiger partial charge >= 0.3 is 0 Å². The molecule has 0 aliphatic carbocycles. The van der Waals surface area contributed by atoms with Crippen LogP contribution in [0.25, 0.3) is 0 Å². The van der Waals surface area contributed by atoms with Gasteiger partial charge in [0.25, 0.3) is 5.91 Å². The molecule has 2 N–H and O–H groups in total. The number of rotatable bonds is 3. The lowest BCUT2D eigenvalue weighted by molar-refractivity contribution is 0.0950. The second kappa shape index (κ2) is 5.14. The van der Waals surface area contributed by atoms with Crippen molar-refractivity contribution in [2.75, 3.05) is 0 Å². The molecule has 18 heavy (non-hydrogen) atoms. The number of nitrogens with one attached hydrogen (secondary N) is 2. The van der Waals surface area contributed by atoms with Crippen LogP contribution in [0, 0.1) is 13.8 Å². The molecule has 0 radical (unpaired) electrons. The highest BCUT2D eigenvalue weighted by Gasteiger charge is 2.07. The minimum Gasteiger partial charge on any atom is -0.346 e. The van der Waals surface area contributed by atoms with Gasteiger partial charge in [0.05, 0.1) is 17.2 Å². The largest absolute Gasteiger partial charge is 0.346 e. The van der Waals surface area contributed by atoms with Crippen molar-refractivity contribution in [1.82, 2.24) is 15.3 Å². The zero-order chi connectivity index (χ0) is 13.1. The zero-order valence-corrected chi connectivity index (χ0v) is 10.9. The van der Waals surface area contributed by atoms with Crippen LogP contribution in [-0.2, 0) is 6.54 Å². The van der Waals surface area contributed by atoms with Crippen molar-refractivity contribution in [2.45, 2.75) is 20.4 Å². The molecule has 0 unspecified atom stereocenters. The van der Waals surface area contributed by atoms with Gasteiger partial charge < -0.3 is 10.3 Å². The lowest BCUT2D eigenvalue weighted by atomic mass is 10.2. The molecule has 5 nitrogen and oxygen atoms in total. The molecule has 2 rings (SSSR count). The first-order valence-electron chi connectivity index (χ1n) is 5.45. The Bertz CT molecular complexity index is 630. The van der Waals surface area contributed by atoms with Crippen LogP contribution in [0.1, 0.15) is 26.8 Å². The third-order valence-electron chi connectivity index (χ3n) is 2.34. The second-order valence-corrected chi connectivity index (χ2v) is 5.02. The lowest BCUT2D eigenvalue weighted by Gasteiger charge is -2.03. The van der Waals surface area contributed by atoms with E-state index in [0.29, 0.717) is 17.8 Å². The van der Waals surface area contributed by atoms with Crippen LogP contribution < -0.4 is 10.9 Å². The van der Waals surface area contributed by atoms with Crippen molar-refractivity contribution in [3.63, 3.8) is 0 Å². The van der Waals surface area contributed by atoms with E-state index >= 15 is 0 Å². The molecule has 2 aromatic rings. The first-order valence-corrected chi connectivity index (χ1v) is 6.33. The molecule has 0 aliphatic heterocycles. The fraction of sp³-hybridized carbons (Fsp3) is 0.250. The summed E-state index contributed by atoms with van der Waals surface area (Å²) in [4.78, 5) is 29.9. The van der Waals surface area contributed by atoms with Gasteiger partial charge in [0, 0.05) is 22.7 Å². The summed E-state index contributed by atoms with van der Waals surface area (Å²) in [6.07, 6.45) is 0. The Balaban J connectivity index is 2.05. The number of carbonyl (C=O) groups is 1. The van der Waals surface area contributed by atoms with Crippen molar-refractivity contribution in [3.05, 3.63) is 49.8 Å². The molecular weight excluding hydrogens is 250 g/mol. The topological polar surface area (TPSA) is 74.8 Å². The number of aromatic amines is 1. The molecule has 6 heteroatoms. The average molecular weight is 263 g/mol. The molecule has 0 saturated heterocycles. The Morgan fingerprint density at radius 1 is 1.44 bits per heavy atom. The number of nitrogens with zero attached hydrogens (tertiary/aromatic N) is 1. The van der Waals surface area contributed by atoms with E-state index in [9.17, 15) is 9.59 Å². The summed E-state index contributed by atoms with van der Waals surface area (Å²) >= 11 is 1.54. The molecule has 0 aliphatic rings. The predicted molar refractivity (Wildman–Crippen MR) is 69.8 cm³/mol. The highest BCUT2D eigenvalue weighted by Crippen LogP contribution is 2.07. The molecular formula is C12H13N3O2S. The van der Waals surface area contributed by atoms with Crippen molar-refractivity contribution in [3.8, 4) is 0 Å². The van der Waals surface area contributed by atoms with Crippen LogP contribution >= 0.6 is 11.3 Å². The van der Waals surface area contributed by atoms with Crippen molar-refractivity contribution in [1.29, 1.82) is 0 Å². The molecule has 0 aromatic carbocycles. The fourth-order valence-electron chi connectivity index (χ4n) is 1.58. The lowest BCUT2D eigenvalue weighted by Crippen LogP contribution is -2.24. The SMILES string of the molecule is Cc1cc(C(=O)NCc2csc(C)n2)cc(=O)[nH]1. The van der Waals surface area contributed by atoms with E-state index in [2.05, 4.69) is 15.3 Å². The molecule has 0 spiro atoms. The molecule has 2 aromatic heterocycles. The number of pyridine rings is 1. The number of H-pyrrole nitrogens is 1. The van der Waals surface area contributed by atoms with Gasteiger partial charge in [0.1, 0.15) is 0 Å². The number of hydrogen-bond donors (Lipinski definition) is 2. The zero-order valence-electron chi connectivity index (χ0n) is 10.1. The van der Waals surface area contributed by atoms with Crippen LogP contribution in [0.15, 0.2) is 22.3 Å². The monoisotopic (exact) mass is 263 g/mol. The van der Waals surface area contributed by atoms with E-state index in [1.54, 1.807) is 13.0 Å². The van der Waals surface area contributed by atoms with Crippen LogP contribution in [0.5, 0.6) is 0 Å². The van der Waals surface area contributed by atoms with E-state index < -0.39 is 0 Å². The molecule has 0 saturated carbocycles.